The van der Waals surface area contributed by atoms with Crippen molar-refractivity contribution in [1.82, 2.24) is 4.90 Å². The van der Waals surface area contributed by atoms with Gasteiger partial charge in [0.15, 0.2) is 0 Å². The molecule has 0 saturated carbocycles. The van der Waals surface area contributed by atoms with Crippen molar-refractivity contribution in [1.29, 1.82) is 0 Å². The molecule has 0 saturated heterocycles. The molecular weight excluding hydrogens is 271 g/mol. The van der Waals surface area contributed by atoms with Crippen LogP contribution in [-0.2, 0) is 6.42 Å². The Morgan fingerprint density at radius 1 is 1.25 bits per heavy atom. The molecule has 0 aliphatic carbocycles. The summed E-state index contributed by atoms with van der Waals surface area (Å²) in [5, 5.41) is 8.85. The molecule has 0 aliphatic heterocycles. The molecule has 6 heteroatoms. The molecule has 0 aliphatic rings. The van der Waals surface area contributed by atoms with Gasteiger partial charge in [-0.3, -0.25) is 4.79 Å². The fourth-order valence-corrected chi connectivity index (χ4v) is 1.81. The van der Waals surface area contributed by atoms with Gasteiger partial charge in [0.2, 0.25) is 0 Å². The molecule has 112 valence electrons. The van der Waals surface area contributed by atoms with E-state index in [1.165, 1.54) is 29.2 Å². The number of hydrogen-bond acceptors (Lipinski definition) is 2. The van der Waals surface area contributed by atoms with Gasteiger partial charge >= 0.3 is 6.18 Å². The van der Waals surface area contributed by atoms with Crippen molar-refractivity contribution in [2.24, 2.45) is 0 Å². The van der Waals surface area contributed by atoms with Gasteiger partial charge in [-0.1, -0.05) is 12.1 Å². The molecule has 0 heterocycles. The third kappa shape index (κ3) is 5.21. The van der Waals surface area contributed by atoms with Gasteiger partial charge in [0.05, 0.1) is 6.61 Å². The Morgan fingerprint density at radius 3 is 2.30 bits per heavy atom. The van der Waals surface area contributed by atoms with Gasteiger partial charge in [-0.2, -0.15) is 13.2 Å². The number of carbonyl (C=O) groups excluding carboxylic acids is 1. The second-order valence-electron chi connectivity index (χ2n) is 4.42. The summed E-state index contributed by atoms with van der Waals surface area (Å²) < 4.78 is 36.3. The smallest absolute Gasteiger partial charge is 0.389 e. The Hall–Kier alpha value is -1.56. The number of carbonyl (C=O) groups is 1. The van der Waals surface area contributed by atoms with E-state index < -0.39 is 12.6 Å². The van der Waals surface area contributed by atoms with Crippen LogP contribution in [-0.4, -0.2) is 41.8 Å². The van der Waals surface area contributed by atoms with Crippen molar-refractivity contribution in [3.8, 4) is 0 Å². The molecule has 0 atom stereocenters. The lowest BCUT2D eigenvalue weighted by Crippen LogP contribution is -2.33. The first kappa shape index (κ1) is 16.5. The lowest BCUT2D eigenvalue weighted by Gasteiger charge is -2.19. The Balaban J connectivity index is 2.68. The quantitative estimate of drug-likeness (QED) is 0.874. The van der Waals surface area contributed by atoms with E-state index in [4.69, 9.17) is 5.11 Å². The molecule has 0 aromatic heterocycles. The zero-order valence-electron chi connectivity index (χ0n) is 11.3. The van der Waals surface area contributed by atoms with Crippen molar-refractivity contribution >= 4 is 5.91 Å². The SMILES string of the molecule is CCN(CCO)C(=O)c1ccc(CCC(F)(F)F)cc1. The van der Waals surface area contributed by atoms with E-state index in [0.717, 1.165) is 0 Å². The first-order valence-corrected chi connectivity index (χ1v) is 6.43. The van der Waals surface area contributed by atoms with Crippen LogP contribution in [0, 0.1) is 0 Å². The van der Waals surface area contributed by atoms with E-state index in [9.17, 15) is 18.0 Å². The summed E-state index contributed by atoms with van der Waals surface area (Å²) in [5.74, 6) is -0.232. The van der Waals surface area contributed by atoms with Crippen molar-refractivity contribution in [3.63, 3.8) is 0 Å². The number of likely N-dealkylation sites (N-methyl/N-ethyl adjacent to an activating group) is 1. The minimum absolute atomic E-state index is 0.0912. The van der Waals surface area contributed by atoms with Crippen LogP contribution in [0.25, 0.3) is 0 Å². The summed E-state index contributed by atoms with van der Waals surface area (Å²) in [5.41, 5.74) is 0.958. The van der Waals surface area contributed by atoms with Gasteiger partial charge in [-0.15, -0.1) is 0 Å². The van der Waals surface area contributed by atoms with Gasteiger partial charge in [0.1, 0.15) is 0 Å². The van der Waals surface area contributed by atoms with Crippen molar-refractivity contribution < 1.29 is 23.1 Å². The maximum absolute atomic E-state index is 12.1. The van der Waals surface area contributed by atoms with E-state index in [1.807, 2.05) is 0 Å². The molecule has 0 bridgehead atoms. The maximum atomic E-state index is 12.1. The highest BCUT2D eigenvalue weighted by atomic mass is 19.4. The molecule has 1 N–H and O–H groups in total. The summed E-state index contributed by atoms with van der Waals surface area (Å²) in [6.07, 6.45) is -5.13. The first-order chi connectivity index (χ1) is 9.37. The average Bonchev–Trinajstić information content (AvgIpc) is 2.41. The van der Waals surface area contributed by atoms with Gasteiger partial charge < -0.3 is 10.0 Å². The fraction of sp³-hybridized carbons (Fsp3) is 0.500. The van der Waals surface area contributed by atoms with Crippen LogP contribution in [0.4, 0.5) is 13.2 Å². The summed E-state index contributed by atoms with van der Waals surface area (Å²) in [4.78, 5) is 13.5. The molecule has 0 spiro atoms. The summed E-state index contributed by atoms with van der Waals surface area (Å²) in [6, 6.07) is 6.11. The predicted octanol–water partition coefficient (Wildman–Crippen LogP) is 2.64. The van der Waals surface area contributed by atoms with Crippen molar-refractivity contribution in [2.45, 2.75) is 25.9 Å². The summed E-state index contributed by atoms with van der Waals surface area (Å²) >= 11 is 0. The van der Waals surface area contributed by atoms with Gasteiger partial charge in [-0.05, 0) is 31.0 Å². The molecule has 1 amide bonds. The highest BCUT2D eigenvalue weighted by Gasteiger charge is 2.26. The standard InChI is InChI=1S/C14H18F3NO2/c1-2-18(9-10-19)13(20)12-5-3-11(4-6-12)7-8-14(15,16)17/h3-6,19H,2,7-10H2,1H3. The van der Waals surface area contributed by atoms with Crippen LogP contribution in [0.15, 0.2) is 24.3 Å². The zero-order chi connectivity index (χ0) is 15.2. The Labute approximate surface area is 116 Å². The molecule has 1 aromatic rings. The van der Waals surface area contributed by atoms with E-state index in [-0.39, 0.29) is 25.5 Å². The molecule has 3 nitrogen and oxygen atoms in total. The minimum Gasteiger partial charge on any atom is -0.395 e. The van der Waals surface area contributed by atoms with E-state index >= 15 is 0 Å². The maximum Gasteiger partial charge on any atom is 0.389 e. The number of benzene rings is 1. The Bertz CT molecular complexity index is 429. The number of aryl methyl sites for hydroxylation is 1. The van der Waals surface area contributed by atoms with Crippen LogP contribution in [0.5, 0.6) is 0 Å². The lowest BCUT2D eigenvalue weighted by atomic mass is 10.1. The number of rotatable bonds is 6. The number of hydrogen-bond donors (Lipinski definition) is 1. The second-order valence-corrected chi connectivity index (χ2v) is 4.42. The van der Waals surface area contributed by atoms with Crippen molar-refractivity contribution in [2.75, 3.05) is 19.7 Å². The zero-order valence-corrected chi connectivity index (χ0v) is 11.3. The number of nitrogens with zero attached hydrogens (tertiary/aromatic N) is 1. The van der Waals surface area contributed by atoms with Crippen LogP contribution in [0.3, 0.4) is 0 Å². The van der Waals surface area contributed by atoms with Crippen LogP contribution < -0.4 is 0 Å². The highest BCUT2D eigenvalue weighted by Crippen LogP contribution is 2.22. The molecule has 20 heavy (non-hydrogen) atoms. The highest BCUT2D eigenvalue weighted by molar-refractivity contribution is 5.94. The Kier molecular flexibility index (Phi) is 6.01. The van der Waals surface area contributed by atoms with E-state index in [0.29, 0.717) is 17.7 Å². The van der Waals surface area contributed by atoms with Crippen LogP contribution in [0.1, 0.15) is 29.3 Å². The number of alkyl halides is 3. The third-order valence-electron chi connectivity index (χ3n) is 2.94. The van der Waals surface area contributed by atoms with E-state index in [2.05, 4.69) is 0 Å². The summed E-state index contributed by atoms with van der Waals surface area (Å²) in [7, 11) is 0. The topological polar surface area (TPSA) is 40.5 Å². The third-order valence-corrected chi connectivity index (χ3v) is 2.94. The summed E-state index contributed by atoms with van der Waals surface area (Å²) in [6.45, 7) is 2.38. The number of aliphatic hydroxyl groups is 1. The molecular formula is C14H18F3NO2. The van der Waals surface area contributed by atoms with Gasteiger partial charge in [-0.25, -0.2) is 0 Å². The van der Waals surface area contributed by atoms with Gasteiger partial charge in [0.25, 0.3) is 5.91 Å². The molecule has 1 rings (SSSR count). The van der Waals surface area contributed by atoms with E-state index in [1.54, 1.807) is 6.92 Å². The molecule has 0 fully saturated rings. The molecule has 0 radical (unpaired) electrons. The number of halogens is 3. The predicted molar refractivity (Wildman–Crippen MR) is 69.5 cm³/mol. The average molecular weight is 289 g/mol. The number of aliphatic hydroxyl groups excluding tert-OH is 1. The van der Waals surface area contributed by atoms with Crippen molar-refractivity contribution in [3.05, 3.63) is 35.4 Å². The fourth-order valence-electron chi connectivity index (χ4n) is 1.81. The van der Waals surface area contributed by atoms with Gasteiger partial charge in [0, 0.05) is 25.1 Å². The minimum atomic E-state index is -4.17. The number of amides is 1. The lowest BCUT2D eigenvalue weighted by molar-refractivity contribution is -0.134. The molecule has 1 aromatic carbocycles. The normalized spacial score (nSPS) is 11.4. The monoisotopic (exact) mass is 289 g/mol. The second kappa shape index (κ2) is 7.28. The molecule has 0 unspecified atom stereocenters. The van der Waals surface area contributed by atoms with Crippen LogP contribution in [0.2, 0.25) is 0 Å². The first-order valence-electron chi connectivity index (χ1n) is 6.43. The largest absolute Gasteiger partial charge is 0.395 e. The Morgan fingerprint density at radius 2 is 1.85 bits per heavy atom. The van der Waals surface area contributed by atoms with Crippen LogP contribution >= 0.6 is 0 Å².